The number of anilines is 1. The van der Waals surface area contributed by atoms with Gasteiger partial charge in [0, 0.05) is 24.6 Å². The van der Waals surface area contributed by atoms with E-state index in [1.807, 2.05) is 0 Å². The number of esters is 1. The molecule has 2 aromatic heterocycles. The Bertz CT molecular complexity index is 1180. The highest BCUT2D eigenvalue weighted by molar-refractivity contribution is 7.99. The summed E-state index contributed by atoms with van der Waals surface area (Å²) in [4.78, 5) is 24.6. The summed E-state index contributed by atoms with van der Waals surface area (Å²) in [6.45, 7) is 0.248. The Kier molecular flexibility index (Phi) is 6.34. The standard InChI is InChI=1S/C17H16N4O5S4/c22-14(18-11-2-1-3-12-15(11)20-29-19-12)10-26-17(23)16-13(4-7-28-16)30(24,25)21-5-8-27-9-6-21/h1-4,7H,5-6,8-10H2,(H,18,22). The number of thioether (sulfide) groups is 1. The topological polar surface area (TPSA) is 119 Å². The van der Waals surface area contributed by atoms with Gasteiger partial charge in [0.05, 0.1) is 17.4 Å². The second kappa shape index (κ2) is 8.98. The number of benzene rings is 1. The van der Waals surface area contributed by atoms with Crippen LogP contribution in [0.3, 0.4) is 0 Å². The summed E-state index contributed by atoms with van der Waals surface area (Å²) in [6, 6.07) is 6.57. The van der Waals surface area contributed by atoms with Crippen LogP contribution in [0.15, 0.2) is 34.5 Å². The van der Waals surface area contributed by atoms with Crippen molar-refractivity contribution in [2.45, 2.75) is 4.90 Å². The molecule has 30 heavy (non-hydrogen) atoms. The first-order valence-corrected chi connectivity index (χ1v) is 13.0. The number of carbonyl (C=O) groups excluding carboxylic acids is 2. The van der Waals surface area contributed by atoms with Gasteiger partial charge in [-0.15, -0.1) is 11.3 Å². The summed E-state index contributed by atoms with van der Waals surface area (Å²) in [5.74, 6) is 0.0197. The van der Waals surface area contributed by atoms with Gasteiger partial charge >= 0.3 is 5.97 Å². The van der Waals surface area contributed by atoms with Crippen LogP contribution in [-0.4, -0.2) is 64.5 Å². The van der Waals surface area contributed by atoms with E-state index in [1.54, 1.807) is 30.0 Å². The lowest BCUT2D eigenvalue weighted by molar-refractivity contribution is -0.119. The van der Waals surface area contributed by atoms with Gasteiger partial charge in [-0.3, -0.25) is 4.79 Å². The molecule has 1 aliphatic rings. The number of carbonyl (C=O) groups is 2. The smallest absolute Gasteiger partial charge is 0.350 e. The van der Waals surface area contributed by atoms with Crippen molar-refractivity contribution in [1.82, 2.24) is 13.1 Å². The van der Waals surface area contributed by atoms with Crippen LogP contribution in [0.25, 0.3) is 11.0 Å². The molecule has 158 valence electrons. The maximum absolute atomic E-state index is 12.9. The Morgan fingerprint density at radius 1 is 1.17 bits per heavy atom. The predicted octanol–water partition coefficient (Wildman–Crippen LogP) is 2.29. The molecule has 0 spiro atoms. The van der Waals surface area contributed by atoms with Crippen molar-refractivity contribution < 1.29 is 22.7 Å². The van der Waals surface area contributed by atoms with Gasteiger partial charge in [-0.05, 0) is 23.6 Å². The molecule has 0 radical (unpaired) electrons. The number of thiophene rings is 1. The van der Waals surface area contributed by atoms with Gasteiger partial charge in [-0.1, -0.05) is 6.07 Å². The second-order valence-electron chi connectivity index (χ2n) is 6.19. The number of ether oxygens (including phenoxy) is 1. The van der Waals surface area contributed by atoms with Crippen molar-refractivity contribution in [3.05, 3.63) is 34.5 Å². The molecule has 0 saturated carbocycles. The molecule has 1 aliphatic heterocycles. The fraction of sp³-hybridized carbons (Fsp3) is 0.294. The van der Waals surface area contributed by atoms with Crippen molar-refractivity contribution >= 4 is 73.4 Å². The van der Waals surface area contributed by atoms with Crippen LogP contribution in [0, 0.1) is 0 Å². The van der Waals surface area contributed by atoms with E-state index >= 15 is 0 Å². The van der Waals surface area contributed by atoms with Crippen LogP contribution in [0.1, 0.15) is 9.67 Å². The number of amides is 1. The molecule has 1 N–H and O–H groups in total. The van der Waals surface area contributed by atoms with E-state index < -0.39 is 28.5 Å². The first kappa shape index (κ1) is 21.2. The number of nitrogens with one attached hydrogen (secondary N) is 1. The zero-order valence-electron chi connectivity index (χ0n) is 15.4. The molecule has 0 atom stereocenters. The average molecular weight is 485 g/mol. The zero-order valence-corrected chi connectivity index (χ0v) is 18.7. The van der Waals surface area contributed by atoms with Crippen molar-refractivity contribution in [1.29, 1.82) is 0 Å². The normalized spacial score (nSPS) is 15.2. The molecule has 0 unspecified atom stereocenters. The molecule has 1 amide bonds. The quantitative estimate of drug-likeness (QED) is 0.530. The maximum Gasteiger partial charge on any atom is 0.350 e. The first-order chi connectivity index (χ1) is 14.5. The molecule has 1 saturated heterocycles. The molecule has 3 aromatic rings. The minimum atomic E-state index is -3.78. The van der Waals surface area contributed by atoms with Gasteiger partial charge in [0.2, 0.25) is 10.0 Å². The molecule has 3 heterocycles. The lowest BCUT2D eigenvalue weighted by atomic mass is 10.2. The molecule has 9 nitrogen and oxygen atoms in total. The highest BCUT2D eigenvalue weighted by Gasteiger charge is 2.31. The Morgan fingerprint density at radius 2 is 1.97 bits per heavy atom. The minimum Gasteiger partial charge on any atom is -0.451 e. The van der Waals surface area contributed by atoms with Gasteiger partial charge in [0.15, 0.2) is 6.61 Å². The fourth-order valence-electron chi connectivity index (χ4n) is 2.87. The van der Waals surface area contributed by atoms with Gasteiger partial charge in [0.25, 0.3) is 5.91 Å². The van der Waals surface area contributed by atoms with Gasteiger partial charge in [-0.25, -0.2) is 13.2 Å². The minimum absolute atomic E-state index is 0.0353. The van der Waals surface area contributed by atoms with Gasteiger partial charge in [-0.2, -0.15) is 24.8 Å². The summed E-state index contributed by atoms with van der Waals surface area (Å²) in [5.41, 5.74) is 1.66. The predicted molar refractivity (Wildman–Crippen MR) is 117 cm³/mol. The lowest BCUT2D eigenvalue weighted by Crippen LogP contribution is -2.38. The van der Waals surface area contributed by atoms with E-state index in [1.165, 1.54) is 15.8 Å². The zero-order chi connectivity index (χ0) is 21.1. The monoisotopic (exact) mass is 484 g/mol. The van der Waals surface area contributed by atoms with Crippen LogP contribution in [0.4, 0.5) is 5.69 Å². The number of nitrogens with zero attached hydrogens (tertiary/aromatic N) is 3. The van der Waals surface area contributed by atoms with E-state index in [0.717, 1.165) is 23.1 Å². The van der Waals surface area contributed by atoms with E-state index in [0.29, 0.717) is 41.3 Å². The molecule has 4 rings (SSSR count). The van der Waals surface area contributed by atoms with Crippen LogP contribution >= 0.6 is 34.8 Å². The number of aromatic nitrogens is 2. The Labute approximate surface area is 184 Å². The third-order valence-electron chi connectivity index (χ3n) is 4.30. The van der Waals surface area contributed by atoms with Crippen molar-refractivity contribution in [3.63, 3.8) is 0 Å². The highest BCUT2D eigenvalue weighted by atomic mass is 32.2. The number of hydrogen-bond donors (Lipinski definition) is 1. The highest BCUT2D eigenvalue weighted by Crippen LogP contribution is 2.28. The average Bonchev–Trinajstić information content (AvgIpc) is 3.43. The Balaban J connectivity index is 1.42. The summed E-state index contributed by atoms with van der Waals surface area (Å²) < 4.78 is 40.4. The van der Waals surface area contributed by atoms with Crippen molar-refractivity contribution in [3.8, 4) is 0 Å². The van der Waals surface area contributed by atoms with E-state index in [4.69, 9.17) is 4.74 Å². The summed E-state index contributed by atoms with van der Waals surface area (Å²) >= 11 is 3.69. The van der Waals surface area contributed by atoms with Crippen molar-refractivity contribution in [2.24, 2.45) is 0 Å². The Morgan fingerprint density at radius 3 is 2.77 bits per heavy atom. The molecule has 13 heteroatoms. The third-order valence-corrected chi connectivity index (χ3v) is 8.75. The molecule has 0 aliphatic carbocycles. The number of fused-ring (bicyclic) bond motifs is 1. The molecular weight excluding hydrogens is 468 g/mol. The maximum atomic E-state index is 12.9. The largest absolute Gasteiger partial charge is 0.451 e. The van der Waals surface area contributed by atoms with Crippen molar-refractivity contribution in [2.75, 3.05) is 36.5 Å². The fourth-order valence-corrected chi connectivity index (χ4v) is 7.27. The van der Waals surface area contributed by atoms with Gasteiger partial charge < -0.3 is 10.1 Å². The molecule has 1 fully saturated rings. The third kappa shape index (κ3) is 4.34. The van der Waals surface area contributed by atoms with E-state index in [-0.39, 0.29) is 9.77 Å². The Hall–Kier alpha value is -2.06. The lowest BCUT2D eigenvalue weighted by Gasteiger charge is -2.25. The van der Waals surface area contributed by atoms with Crippen LogP contribution in [-0.2, 0) is 19.6 Å². The SMILES string of the molecule is O=C(COC(=O)c1sccc1S(=O)(=O)N1CCSCC1)Nc1cccc2nsnc12. The summed E-state index contributed by atoms with van der Waals surface area (Å²) in [5, 5.41) is 4.16. The van der Waals surface area contributed by atoms with E-state index in [9.17, 15) is 18.0 Å². The summed E-state index contributed by atoms with van der Waals surface area (Å²) in [7, 11) is -3.78. The molecule has 0 bridgehead atoms. The van der Waals surface area contributed by atoms with Crippen LogP contribution in [0.5, 0.6) is 0 Å². The number of rotatable bonds is 6. The van der Waals surface area contributed by atoms with Crippen LogP contribution in [0.2, 0.25) is 0 Å². The van der Waals surface area contributed by atoms with Crippen LogP contribution < -0.4 is 5.32 Å². The second-order valence-corrected chi connectivity index (χ2v) is 10.8. The number of hydrogen-bond acceptors (Lipinski definition) is 10. The number of sulfonamides is 1. The van der Waals surface area contributed by atoms with Gasteiger partial charge in [0.1, 0.15) is 20.8 Å². The van der Waals surface area contributed by atoms with E-state index in [2.05, 4.69) is 14.1 Å². The first-order valence-electron chi connectivity index (χ1n) is 8.80. The molecular formula is C17H16N4O5S4. The molecule has 1 aromatic carbocycles. The summed E-state index contributed by atoms with van der Waals surface area (Å²) in [6.07, 6.45) is 0.